The molecule has 15 rings (SSSR count). The fraction of sp³-hybridized carbons (Fsp3) is 0.306. The molecule has 0 unspecified atom stereocenters. The van der Waals surface area contributed by atoms with Crippen molar-refractivity contribution in [3.8, 4) is 80.5 Å². The van der Waals surface area contributed by atoms with Gasteiger partial charge < -0.3 is 33.2 Å². The Morgan fingerprint density at radius 3 is 0.852 bits per heavy atom. The predicted molar refractivity (Wildman–Crippen MR) is 543 cm³/mol. The van der Waals surface area contributed by atoms with E-state index >= 15 is 0 Å². The number of hydrogen-bond donors (Lipinski definition) is 0. The molecule has 1 aliphatic carbocycles. The molecule has 14 aromatic carbocycles. The average Bonchev–Trinajstić information content (AvgIpc) is 0.813. The molecule has 0 atom stereocenters. The minimum absolute atomic E-state index is 0.0771. The van der Waals surface area contributed by atoms with Gasteiger partial charge in [-0.3, -0.25) is 0 Å². The molecule has 1 saturated carbocycles. The maximum atomic E-state index is 6.20. The maximum absolute atomic E-state index is 6.20. The van der Waals surface area contributed by atoms with Gasteiger partial charge in [0.25, 0.3) is 0 Å². The van der Waals surface area contributed by atoms with Crippen LogP contribution in [0, 0.1) is 104 Å². The van der Waals surface area contributed by atoms with Crippen molar-refractivity contribution in [2.45, 2.75) is 247 Å². The van der Waals surface area contributed by atoms with Crippen LogP contribution in [0.5, 0.6) is 80.5 Å². The molecule has 0 N–H and O–H groups in total. The summed E-state index contributed by atoms with van der Waals surface area (Å²) in [5, 5.41) is 0. The Morgan fingerprint density at radius 1 is 0.211 bits per heavy atom. The lowest BCUT2D eigenvalue weighted by Crippen LogP contribution is -2.12. The van der Waals surface area contributed by atoms with Gasteiger partial charge in [0.1, 0.15) is 80.5 Å². The zero-order valence-electron chi connectivity index (χ0n) is 81.6. The molecule has 1 fully saturated rings. The first-order chi connectivity index (χ1) is 60.9. The molecule has 0 radical (unpaired) electrons. The van der Waals surface area contributed by atoms with Crippen molar-refractivity contribution in [1.82, 2.24) is 0 Å². The molecule has 0 bridgehead atoms. The fourth-order valence-corrected chi connectivity index (χ4v) is 14.3. The highest BCUT2D eigenvalue weighted by atomic mass is 16.5. The second-order valence-electron chi connectivity index (χ2n) is 37.1. The molecule has 0 spiro atoms. The maximum Gasteiger partial charge on any atom is 0.131 e. The van der Waals surface area contributed by atoms with Crippen LogP contribution in [0.4, 0.5) is 0 Å². The summed E-state index contributed by atoms with van der Waals surface area (Å²) in [6.45, 7) is 55.4. The first kappa shape index (κ1) is 99.5. The number of hydrogen-bond acceptors (Lipinski definition) is 7. The van der Waals surface area contributed by atoms with Crippen molar-refractivity contribution in [3.05, 3.63) is 414 Å². The van der Waals surface area contributed by atoms with E-state index in [9.17, 15) is 0 Å². The molecule has 668 valence electrons. The largest absolute Gasteiger partial charge is 0.457 e. The average molecular weight is 1710 g/mol. The number of rotatable bonds is 19. The van der Waals surface area contributed by atoms with Gasteiger partial charge in [0.15, 0.2) is 0 Å². The Bertz CT molecular complexity index is 5640. The van der Waals surface area contributed by atoms with Gasteiger partial charge in [-0.2, -0.15) is 0 Å². The SMILES string of the molecule is Cc1ccc(Oc2cc(C(C)C)ccc2C)cc1.Cc1ccc(Oc2cc(C(C)C)ccc2C)cc1.Cc1ccc(Oc2cc(C)cc(C(C)C)c2)cc1.Cc1ccc(Oc2cc(C)ccc2C(C)(C)C)cc1.Cc1ccc(Oc2cc(C)ccc2C(C)C)cc1.Cc1ccc(Oc2cc(C)ccc2C)cc1.Cc1ccc(Oc2cc(C)ccc2C2CCCCC2)cc1. The molecule has 7 heteroatoms. The van der Waals surface area contributed by atoms with Gasteiger partial charge in [0, 0.05) is 5.56 Å². The molecular weight excluding hydrogens is 1570 g/mol. The summed E-state index contributed by atoms with van der Waals surface area (Å²) in [5.74, 6) is 15.7. The second-order valence-corrected chi connectivity index (χ2v) is 37.1. The summed E-state index contributed by atoms with van der Waals surface area (Å²) in [5.41, 5.74) is 26.3. The molecule has 0 saturated heterocycles. The van der Waals surface area contributed by atoms with Crippen LogP contribution >= 0.6 is 0 Å². The Kier molecular flexibility index (Phi) is 37.7. The summed E-state index contributed by atoms with van der Waals surface area (Å²) in [6, 6.07) is 102. The van der Waals surface area contributed by atoms with Gasteiger partial charge in [-0.25, -0.2) is 0 Å². The van der Waals surface area contributed by atoms with E-state index in [0.29, 0.717) is 29.6 Å². The third-order valence-corrected chi connectivity index (χ3v) is 22.5. The van der Waals surface area contributed by atoms with Crippen molar-refractivity contribution >= 4 is 0 Å². The van der Waals surface area contributed by atoms with Gasteiger partial charge in [0.2, 0.25) is 0 Å². The second kappa shape index (κ2) is 48.6. The van der Waals surface area contributed by atoms with E-state index in [1.54, 1.807) is 0 Å². The summed E-state index contributed by atoms with van der Waals surface area (Å²) < 4.78 is 41.9. The third kappa shape index (κ3) is 32.8. The fourth-order valence-electron chi connectivity index (χ4n) is 14.3. The van der Waals surface area contributed by atoms with Gasteiger partial charge in [-0.1, -0.05) is 298 Å². The highest BCUT2D eigenvalue weighted by molar-refractivity contribution is 5.50. The van der Waals surface area contributed by atoms with Crippen molar-refractivity contribution < 1.29 is 33.2 Å². The standard InChI is InChI=1S/C20H24O.C18H22O.4C17H20O.C15H16O/c1-15-8-11-18(12-9-15)21-20-14-16(2)10-13-19(20)17-6-4-3-5-7-17;1-13-6-9-15(10-7-13)19-17-12-14(2)8-11-16(17)18(3,4)5;2*1-12(2)15-8-7-14(4)17(11-15)18-16-9-5-13(3)6-10-16;1-12(2)16-10-7-14(4)11-17(16)18-15-8-5-13(3)6-9-15;1-12(2)15-9-14(4)10-17(11-15)18-16-7-5-13(3)6-8-16;1-11-5-8-14(9-6-11)16-15-10-12(2)4-7-13(15)3/h8-14,17H,3-7H2,1-2H3;6-12H,1-5H3;4*5-12H,1-4H3;4-10H,1-3H3. The molecule has 7 nitrogen and oxygen atoms in total. The summed E-state index contributed by atoms with van der Waals surface area (Å²) in [4.78, 5) is 0. The van der Waals surface area contributed by atoms with E-state index in [1.165, 1.54) is 143 Å². The van der Waals surface area contributed by atoms with Crippen LogP contribution in [-0.4, -0.2) is 0 Å². The summed E-state index contributed by atoms with van der Waals surface area (Å²) >= 11 is 0. The number of aryl methyl sites for hydroxylation is 15. The molecule has 0 heterocycles. The third-order valence-electron chi connectivity index (χ3n) is 22.5. The van der Waals surface area contributed by atoms with Crippen LogP contribution < -0.4 is 33.2 Å². The Labute approximate surface area is 770 Å². The van der Waals surface area contributed by atoms with E-state index < -0.39 is 0 Å². The van der Waals surface area contributed by atoms with E-state index in [-0.39, 0.29) is 5.41 Å². The van der Waals surface area contributed by atoms with Gasteiger partial charge in [0.05, 0.1) is 0 Å². The Balaban J connectivity index is 0.000000169. The van der Waals surface area contributed by atoms with Crippen molar-refractivity contribution in [2.24, 2.45) is 0 Å². The molecule has 0 amide bonds. The first-order valence-electron chi connectivity index (χ1n) is 45.9. The van der Waals surface area contributed by atoms with Crippen LogP contribution in [0.1, 0.15) is 255 Å². The van der Waals surface area contributed by atoms with Crippen LogP contribution in [0.2, 0.25) is 0 Å². The minimum Gasteiger partial charge on any atom is -0.457 e. The highest BCUT2D eigenvalue weighted by Gasteiger charge is 2.22. The predicted octanol–water partition coefficient (Wildman–Crippen LogP) is 36.8. The summed E-state index contributed by atoms with van der Waals surface area (Å²) in [6.07, 6.45) is 6.68. The van der Waals surface area contributed by atoms with Crippen LogP contribution in [0.3, 0.4) is 0 Å². The van der Waals surface area contributed by atoms with Crippen LogP contribution in [-0.2, 0) is 5.41 Å². The first-order valence-corrected chi connectivity index (χ1v) is 45.9. The molecule has 14 aromatic rings. The minimum atomic E-state index is 0.0771. The Hall–Kier alpha value is -12.3. The summed E-state index contributed by atoms with van der Waals surface area (Å²) in [7, 11) is 0. The van der Waals surface area contributed by atoms with E-state index in [1.807, 2.05) is 72.8 Å². The molecule has 1 aliphatic rings. The zero-order valence-corrected chi connectivity index (χ0v) is 81.6. The molecular formula is C121H142O7. The van der Waals surface area contributed by atoms with E-state index in [0.717, 1.165) is 86.1 Å². The van der Waals surface area contributed by atoms with Gasteiger partial charge >= 0.3 is 0 Å². The van der Waals surface area contributed by atoms with Crippen molar-refractivity contribution in [2.75, 3.05) is 0 Å². The Morgan fingerprint density at radius 2 is 0.492 bits per heavy atom. The van der Waals surface area contributed by atoms with E-state index in [4.69, 9.17) is 33.2 Å². The quantitative estimate of drug-likeness (QED) is 0.0799. The highest BCUT2D eigenvalue weighted by Crippen LogP contribution is 2.42. The van der Waals surface area contributed by atoms with Gasteiger partial charge in [-0.05, 0) is 357 Å². The lowest BCUT2D eigenvalue weighted by atomic mass is 9.83. The molecule has 128 heavy (non-hydrogen) atoms. The van der Waals surface area contributed by atoms with Crippen molar-refractivity contribution in [3.63, 3.8) is 0 Å². The zero-order chi connectivity index (χ0) is 92.7. The lowest BCUT2D eigenvalue weighted by molar-refractivity contribution is 0.418. The van der Waals surface area contributed by atoms with Crippen LogP contribution in [0.15, 0.2) is 297 Å². The van der Waals surface area contributed by atoms with Gasteiger partial charge in [-0.15, -0.1) is 0 Å². The topological polar surface area (TPSA) is 64.6 Å². The van der Waals surface area contributed by atoms with E-state index in [2.05, 4.69) is 404 Å². The molecule has 0 aliphatic heterocycles. The molecule has 0 aromatic heterocycles. The number of benzene rings is 14. The van der Waals surface area contributed by atoms with Crippen molar-refractivity contribution in [1.29, 1.82) is 0 Å². The van der Waals surface area contributed by atoms with Crippen LogP contribution in [0.25, 0.3) is 0 Å². The monoisotopic (exact) mass is 1710 g/mol. The lowest BCUT2D eigenvalue weighted by Gasteiger charge is -2.24. The normalized spacial score (nSPS) is 11.6. The smallest absolute Gasteiger partial charge is 0.131 e. The number of ether oxygens (including phenoxy) is 7.